The maximum Gasteiger partial charge on any atom is 0.329 e. The highest BCUT2D eigenvalue weighted by molar-refractivity contribution is 6.39. The molecule has 4 rings (SSSR count). The number of hydrogen-bond acceptors (Lipinski definition) is 11. The van der Waals surface area contributed by atoms with E-state index in [4.69, 9.17) is 24.7 Å². The van der Waals surface area contributed by atoms with Crippen molar-refractivity contribution in [1.82, 2.24) is 4.90 Å². The lowest BCUT2D eigenvalue weighted by Gasteiger charge is -2.42. The van der Waals surface area contributed by atoms with Gasteiger partial charge in [-0.05, 0) is 133 Å². The maximum absolute atomic E-state index is 14.3. The molecule has 7 unspecified atom stereocenters. The van der Waals surface area contributed by atoms with E-state index >= 15 is 0 Å². The number of cyclic esters (lactones) is 1. The second-order valence-corrected chi connectivity index (χ2v) is 19.5. The van der Waals surface area contributed by atoms with Crippen molar-refractivity contribution in [3.8, 4) is 0 Å². The number of aliphatic hydroxyl groups excluding tert-OH is 1. The Kier molecular flexibility index (Phi) is 20.3. The highest BCUT2D eigenvalue weighted by Crippen LogP contribution is 2.38. The summed E-state index contributed by atoms with van der Waals surface area (Å²) in [5.74, 6) is -5.14. The number of fused-ring (bicyclic) bond motifs is 3. The van der Waals surface area contributed by atoms with Crippen LogP contribution in [-0.4, -0.2) is 108 Å². The van der Waals surface area contributed by atoms with Gasteiger partial charge in [-0.2, -0.15) is 0 Å². The summed E-state index contributed by atoms with van der Waals surface area (Å²) in [5, 5.41) is 23.2. The second-order valence-electron chi connectivity index (χ2n) is 19.5. The van der Waals surface area contributed by atoms with E-state index in [1.54, 1.807) is 27.0 Å². The number of esters is 1. The Morgan fingerprint density at radius 3 is 2.35 bits per heavy atom. The number of Topliss-reactive ketones (excluding diaryl/α,β-unsaturated/α-hetero) is 2. The fourth-order valence-electron chi connectivity index (χ4n) is 10.1. The van der Waals surface area contributed by atoms with Gasteiger partial charge in [-0.3, -0.25) is 14.4 Å². The Hall–Kier alpha value is -3.00. The molecular formula is C50H80N2O10. The minimum Gasteiger partial charge on any atom is -0.461 e. The van der Waals surface area contributed by atoms with Crippen molar-refractivity contribution in [2.75, 3.05) is 20.8 Å². The molecule has 0 aromatic heterocycles. The summed E-state index contributed by atoms with van der Waals surface area (Å²) in [4.78, 5) is 57.4. The van der Waals surface area contributed by atoms with Crippen LogP contribution in [0.15, 0.2) is 47.6 Å². The molecule has 350 valence electrons. The number of nitrogens with two attached hydrogens (primary N) is 1. The summed E-state index contributed by atoms with van der Waals surface area (Å²) in [7, 11) is 3.19. The Balaban J connectivity index is 1.64. The first-order valence-electron chi connectivity index (χ1n) is 23.6. The highest BCUT2D eigenvalue weighted by Gasteiger charge is 2.52. The molecule has 1 aliphatic carbocycles. The fraction of sp³-hybridized carbons (Fsp3) is 0.760. The standard InChI is InChI=1S/C50H80N2O10/c1-31-15-11-10-12-16-32(2)27-35(5)44(53)46(60-9)45(54)36(6)29-39(51)22-25-42(34(4)28-38-21-19-33(3)43(30-38)59-8)61-49(57)41-17-13-14-26-52(41)48(56)47(55)50(58)37(7)20-24-40(62-50)23-18-31/h10-12,15-16,29,32-35,37-43,45-46,54,58H,13-14,17-28,30,51H2,1-9H3/b11-10+,16-12+,31-15+,36-29+/t32-,33-,34-,35?,37?,38?,39+,40-,41?,42+,43?,45?,46+,50?/m1/s1. The van der Waals surface area contributed by atoms with Gasteiger partial charge in [-0.15, -0.1) is 0 Å². The second kappa shape index (κ2) is 24.3. The van der Waals surface area contributed by atoms with Gasteiger partial charge in [0.2, 0.25) is 5.79 Å². The van der Waals surface area contributed by atoms with Crippen LogP contribution >= 0.6 is 0 Å². The minimum atomic E-state index is -2.30. The van der Waals surface area contributed by atoms with Gasteiger partial charge < -0.3 is 39.8 Å². The Morgan fingerprint density at radius 1 is 0.903 bits per heavy atom. The number of piperidine rings is 1. The Morgan fingerprint density at radius 2 is 1.65 bits per heavy atom. The molecule has 3 heterocycles. The number of amides is 1. The summed E-state index contributed by atoms with van der Waals surface area (Å²) in [6, 6.07) is -1.52. The van der Waals surface area contributed by atoms with Gasteiger partial charge in [0.25, 0.3) is 11.7 Å². The van der Waals surface area contributed by atoms with E-state index in [9.17, 15) is 29.4 Å². The average molecular weight is 869 g/mol. The van der Waals surface area contributed by atoms with Gasteiger partial charge in [-0.25, -0.2) is 4.79 Å². The first-order valence-corrected chi connectivity index (χ1v) is 23.6. The number of carbonyl (C=O) groups excluding carboxylic acids is 4. The van der Waals surface area contributed by atoms with Crippen molar-refractivity contribution >= 4 is 23.4 Å². The summed E-state index contributed by atoms with van der Waals surface area (Å²) in [6.07, 6.45) is 17.8. The van der Waals surface area contributed by atoms with Crippen LogP contribution in [0.4, 0.5) is 0 Å². The first-order chi connectivity index (χ1) is 29.4. The van der Waals surface area contributed by atoms with E-state index in [2.05, 4.69) is 13.8 Å². The van der Waals surface area contributed by atoms with Gasteiger partial charge in [0.1, 0.15) is 24.4 Å². The topological polar surface area (TPSA) is 175 Å². The lowest BCUT2D eigenvalue weighted by Crippen LogP contribution is -2.60. The number of carbonyl (C=O) groups is 4. The lowest BCUT2D eigenvalue weighted by molar-refractivity contribution is -0.263. The molecule has 2 bridgehead atoms. The minimum absolute atomic E-state index is 0.0608. The van der Waals surface area contributed by atoms with Crippen LogP contribution in [0.2, 0.25) is 0 Å². The normalized spacial score (nSPS) is 40.5. The molecule has 4 aliphatic rings. The molecule has 1 amide bonds. The van der Waals surface area contributed by atoms with E-state index in [1.165, 1.54) is 12.0 Å². The van der Waals surface area contributed by atoms with E-state index in [-0.39, 0.29) is 36.2 Å². The average Bonchev–Trinajstić information content (AvgIpc) is 3.25. The molecule has 0 aromatic carbocycles. The number of nitrogens with zero attached hydrogens (tertiary/aromatic N) is 1. The predicted molar refractivity (Wildman–Crippen MR) is 241 cm³/mol. The number of hydrogen-bond donors (Lipinski definition) is 3. The maximum atomic E-state index is 14.3. The Bertz CT molecular complexity index is 1620. The number of allylic oxidation sites excluding steroid dienone is 6. The number of methoxy groups -OCH3 is 2. The molecule has 0 spiro atoms. The van der Waals surface area contributed by atoms with E-state index < -0.39 is 65.9 Å². The quantitative estimate of drug-likeness (QED) is 0.143. The van der Waals surface area contributed by atoms with Gasteiger partial charge in [0.15, 0.2) is 5.78 Å². The summed E-state index contributed by atoms with van der Waals surface area (Å²) in [6.45, 7) is 13.9. The monoisotopic (exact) mass is 869 g/mol. The molecule has 3 fully saturated rings. The van der Waals surface area contributed by atoms with Crippen LogP contribution in [0, 0.1) is 35.5 Å². The Labute approximate surface area is 372 Å². The number of rotatable bonds is 5. The van der Waals surface area contributed by atoms with Crippen molar-refractivity contribution in [1.29, 1.82) is 0 Å². The summed E-state index contributed by atoms with van der Waals surface area (Å²) < 4.78 is 23.9. The molecular weight excluding hydrogens is 789 g/mol. The molecule has 4 N–H and O–H groups in total. The van der Waals surface area contributed by atoms with Crippen LogP contribution in [0.1, 0.15) is 138 Å². The van der Waals surface area contributed by atoms with E-state index in [0.717, 1.165) is 31.3 Å². The summed E-state index contributed by atoms with van der Waals surface area (Å²) >= 11 is 0. The largest absolute Gasteiger partial charge is 0.461 e. The molecule has 2 saturated heterocycles. The van der Waals surface area contributed by atoms with Crippen molar-refractivity contribution in [2.24, 2.45) is 41.2 Å². The number of ketones is 2. The number of ether oxygens (including phenoxy) is 4. The van der Waals surface area contributed by atoms with Crippen LogP contribution in [-0.2, 0) is 38.1 Å². The van der Waals surface area contributed by atoms with Crippen molar-refractivity contribution in [3.05, 3.63) is 47.6 Å². The molecule has 1 saturated carbocycles. The van der Waals surface area contributed by atoms with E-state index in [0.29, 0.717) is 81.6 Å². The van der Waals surface area contributed by atoms with Gasteiger partial charge in [0, 0.05) is 38.6 Å². The molecule has 14 atom stereocenters. The summed E-state index contributed by atoms with van der Waals surface area (Å²) in [5.41, 5.74) is 8.29. The first kappa shape index (κ1) is 51.6. The van der Waals surface area contributed by atoms with Gasteiger partial charge in [-0.1, -0.05) is 76.6 Å². The zero-order valence-corrected chi connectivity index (χ0v) is 39.3. The third kappa shape index (κ3) is 14.0. The van der Waals surface area contributed by atoms with Crippen molar-refractivity contribution < 1.29 is 48.3 Å². The predicted octanol–water partition coefficient (Wildman–Crippen LogP) is 7.34. The van der Waals surface area contributed by atoms with Crippen molar-refractivity contribution in [3.63, 3.8) is 0 Å². The van der Waals surface area contributed by atoms with Gasteiger partial charge in [0.05, 0.1) is 12.2 Å². The molecule has 12 heteroatoms. The molecule has 12 nitrogen and oxygen atoms in total. The highest BCUT2D eigenvalue weighted by atomic mass is 16.6. The van der Waals surface area contributed by atoms with E-state index in [1.807, 2.05) is 51.2 Å². The molecule has 0 radical (unpaired) electrons. The molecule has 0 aromatic rings. The van der Waals surface area contributed by atoms with Gasteiger partial charge >= 0.3 is 5.97 Å². The molecule has 3 aliphatic heterocycles. The van der Waals surface area contributed by atoms with Crippen molar-refractivity contribution in [2.45, 2.75) is 187 Å². The molecule has 62 heavy (non-hydrogen) atoms. The lowest BCUT2D eigenvalue weighted by atomic mass is 9.76. The smallest absolute Gasteiger partial charge is 0.329 e. The third-order valence-corrected chi connectivity index (χ3v) is 14.3. The van der Waals surface area contributed by atoms with Crippen LogP contribution < -0.4 is 5.73 Å². The number of aliphatic hydroxyl groups is 2. The van der Waals surface area contributed by atoms with Crippen LogP contribution in [0.25, 0.3) is 0 Å². The third-order valence-electron chi connectivity index (χ3n) is 14.3. The SMILES string of the molecule is COC1CC(C[C@@H](C)[C@@H]2CC[C@H](N)/C=C(\C)C(O)[C@@H](OC)C(=O)C(C)C[C@H](C)/C=C/C=C/C=C(\C)CC[C@@H]3CCC(C)C(O)(O3)C(=O)C(=O)N3CCCCC3C(=O)O2)CC[C@H]1C. The van der Waals surface area contributed by atoms with Crippen LogP contribution in [0.3, 0.4) is 0 Å². The fourth-order valence-corrected chi connectivity index (χ4v) is 10.1. The van der Waals surface area contributed by atoms with Crippen LogP contribution in [0.5, 0.6) is 0 Å². The zero-order chi connectivity index (χ0) is 45.7. The zero-order valence-electron chi connectivity index (χ0n) is 39.3.